The van der Waals surface area contributed by atoms with Crippen molar-refractivity contribution in [2.24, 2.45) is 0 Å². The molecule has 0 spiro atoms. The molecule has 0 radical (unpaired) electrons. The van der Waals surface area contributed by atoms with Crippen LogP contribution < -0.4 is 14.8 Å². The summed E-state index contributed by atoms with van der Waals surface area (Å²) in [5, 5.41) is 2.77. The Balaban J connectivity index is 1.64. The second-order valence-electron chi connectivity index (χ2n) is 10.5. The number of carbonyl (C=O) groups is 4. The first-order chi connectivity index (χ1) is 19.4. The van der Waals surface area contributed by atoms with E-state index < -0.39 is 17.5 Å². The average Bonchev–Trinajstić information content (AvgIpc) is 2.93. The normalized spacial score (nSPS) is 13.8. The molecule has 1 fully saturated rings. The number of ketones is 1. The van der Waals surface area contributed by atoms with Crippen LogP contribution in [0.25, 0.3) is 0 Å². The van der Waals surface area contributed by atoms with E-state index in [4.69, 9.17) is 18.9 Å². The number of methoxy groups -OCH3 is 1. The van der Waals surface area contributed by atoms with Crippen molar-refractivity contribution >= 4 is 29.4 Å². The topological polar surface area (TPSA) is 124 Å². The number of carbonyl (C=O) groups excluding carboxylic acids is 4. The van der Waals surface area contributed by atoms with Crippen molar-refractivity contribution in [3.8, 4) is 11.5 Å². The Morgan fingerprint density at radius 3 is 2.17 bits per heavy atom. The van der Waals surface area contributed by atoms with Gasteiger partial charge in [-0.05, 0) is 71.0 Å². The van der Waals surface area contributed by atoms with Gasteiger partial charge in [0.05, 0.1) is 19.4 Å². The summed E-state index contributed by atoms with van der Waals surface area (Å²) in [6, 6.07) is 9.32. The number of rotatable bonds is 10. The third kappa shape index (κ3) is 8.94. The Morgan fingerprint density at radius 2 is 1.56 bits per heavy atom. The summed E-state index contributed by atoms with van der Waals surface area (Å²) in [6.45, 7) is 12.4. The third-order valence-corrected chi connectivity index (χ3v) is 6.27. The van der Waals surface area contributed by atoms with Gasteiger partial charge in [-0.25, -0.2) is 9.59 Å². The largest absolute Gasteiger partial charge is 0.492 e. The predicted molar refractivity (Wildman–Crippen MR) is 153 cm³/mol. The highest BCUT2D eigenvalue weighted by atomic mass is 16.6. The fraction of sp³-hybridized carbons (Fsp3) is 0.467. The summed E-state index contributed by atoms with van der Waals surface area (Å²) in [6.07, 6.45) is -0.319. The Bertz CT molecular complexity index is 1260. The molecule has 1 aliphatic heterocycles. The average molecular weight is 570 g/mol. The van der Waals surface area contributed by atoms with Gasteiger partial charge in [0.1, 0.15) is 29.3 Å². The van der Waals surface area contributed by atoms with Crippen molar-refractivity contribution in [1.29, 1.82) is 0 Å². The Morgan fingerprint density at radius 1 is 0.902 bits per heavy atom. The number of anilines is 1. The summed E-state index contributed by atoms with van der Waals surface area (Å²) in [7, 11) is 1.25. The van der Waals surface area contributed by atoms with E-state index in [1.165, 1.54) is 20.1 Å². The molecule has 0 bridgehead atoms. The number of nitrogens with zero attached hydrogens (tertiary/aromatic N) is 2. The van der Waals surface area contributed by atoms with E-state index in [9.17, 15) is 19.2 Å². The number of Topliss-reactive ketones (excluding diaryl/α,β-unsaturated/α-hetero) is 1. The van der Waals surface area contributed by atoms with Crippen LogP contribution in [0, 0.1) is 0 Å². The van der Waals surface area contributed by atoms with Gasteiger partial charge < -0.3 is 29.2 Å². The molecule has 0 unspecified atom stereocenters. The van der Waals surface area contributed by atoms with Crippen LogP contribution in [-0.2, 0) is 9.47 Å². The lowest BCUT2D eigenvalue weighted by molar-refractivity contribution is 0.0137. The van der Waals surface area contributed by atoms with Gasteiger partial charge in [-0.3, -0.25) is 14.5 Å². The zero-order chi connectivity index (χ0) is 30.2. The minimum Gasteiger partial charge on any atom is -0.492 e. The van der Waals surface area contributed by atoms with Crippen molar-refractivity contribution < 1.29 is 38.1 Å². The van der Waals surface area contributed by atoms with Crippen molar-refractivity contribution in [2.75, 3.05) is 58.4 Å². The first-order valence-electron chi connectivity index (χ1n) is 13.6. The second kappa shape index (κ2) is 14.0. The lowest BCUT2D eigenvalue weighted by atomic mass is 10.1. The van der Waals surface area contributed by atoms with Gasteiger partial charge in [0, 0.05) is 43.9 Å². The van der Waals surface area contributed by atoms with E-state index in [-0.39, 0.29) is 35.4 Å². The molecule has 1 aliphatic rings. The molecule has 2 aromatic rings. The molecule has 0 saturated carbocycles. The van der Waals surface area contributed by atoms with Gasteiger partial charge in [-0.2, -0.15) is 0 Å². The number of piperazine rings is 1. The minimum atomic E-state index is -0.644. The summed E-state index contributed by atoms with van der Waals surface area (Å²) in [4.78, 5) is 53.6. The van der Waals surface area contributed by atoms with E-state index in [0.717, 1.165) is 0 Å². The fourth-order valence-electron chi connectivity index (χ4n) is 4.15. The molecule has 222 valence electrons. The van der Waals surface area contributed by atoms with Crippen molar-refractivity contribution in [2.45, 2.75) is 40.2 Å². The number of nitrogens with one attached hydrogen (secondary N) is 1. The Hall–Kier alpha value is -4.12. The molecule has 2 amide bonds. The first kappa shape index (κ1) is 31.4. The van der Waals surface area contributed by atoms with Crippen molar-refractivity contribution in [3.05, 3.63) is 53.1 Å². The summed E-state index contributed by atoms with van der Waals surface area (Å²) in [5.74, 6) is -0.580. The molecule has 0 aromatic heterocycles. The molecule has 1 heterocycles. The van der Waals surface area contributed by atoms with Gasteiger partial charge in [0.15, 0.2) is 5.78 Å². The van der Waals surface area contributed by atoms with Gasteiger partial charge in [-0.1, -0.05) is 0 Å². The lowest BCUT2D eigenvalue weighted by Crippen LogP contribution is -2.50. The highest BCUT2D eigenvalue weighted by molar-refractivity contribution is 6.07. The molecule has 41 heavy (non-hydrogen) atoms. The van der Waals surface area contributed by atoms with Crippen LogP contribution >= 0.6 is 0 Å². The third-order valence-electron chi connectivity index (χ3n) is 6.27. The minimum absolute atomic E-state index is 0.109. The van der Waals surface area contributed by atoms with Gasteiger partial charge in [0.25, 0.3) is 5.91 Å². The Kier molecular flexibility index (Phi) is 10.7. The van der Waals surface area contributed by atoms with Crippen LogP contribution in [0.5, 0.6) is 11.5 Å². The zero-order valence-electron chi connectivity index (χ0n) is 24.6. The molecular weight excluding hydrogens is 530 g/mol. The smallest absolute Gasteiger partial charge is 0.410 e. The number of hydrogen-bond donors (Lipinski definition) is 1. The van der Waals surface area contributed by atoms with Crippen LogP contribution in [-0.4, -0.2) is 92.2 Å². The molecule has 1 saturated heterocycles. The highest BCUT2D eigenvalue weighted by Gasteiger charge is 2.26. The van der Waals surface area contributed by atoms with Gasteiger partial charge in [-0.15, -0.1) is 0 Å². The van der Waals surface area contributed by atoms with Crippen LogP contribution in [0.1, 0.15) is 65.7 Å². The van der Waals surface area contributed by atoms with E-state index in [2.05, 4.69) is 10.2 Å². The number of hydrogen-bond acceptors (Lipinski definition) is 9. The highest BCUT2D eigenvalue weighted by Crippen LogP contribution is 2.28. The maximum Gasteiger partial charge on any atom is 0.410 e. The molecule has 11 nitrogen and oxygen atoms in total. The zero-order valence-corrected chi connectivity index (χ0v) is 24.6. The standard InChI is InChI=1S/C30H39N3O8/c1-7-39-26-11-8-21(20(2)34)19-24(26)31-27(35)22-9-10-25(23(18-22)28(36)38-6)40-17-16-32-12-14-33(15-13-32)29(37)41-30(3,4)5/h8-11,18-19H,7,12-17H2,1-6H3,(H,31,35). The number of esters is 1. The van der Waals surface area contributed by atoms with Crippen LogP contribution in [0.3, 0.4) is 0 Å². The van der Waals surface area contributed by atoms with Crippen molar-refractivity contribution in [3.63, 3.8) is 0 Å². The Labute approximate surface area is 240 Å². The number of amides is 2. The van der Waals surface area contributed by atoms with Crippen LogP contribution in [0.4, 0.5) is 10.5 Å². The molecule has 3 rings (SSSR count). The SMILES string of the molecule is CCOc1ccc(C(C)=O)cc1NC(=O)c1ccc(OCCN2CCN(C(=O)OC(C)(C)C)CC2)c(C(=O)OC)c1. The predicted octanol–water partition coefficient (Wildman–Crippen LogP) is 4.26. The fourth-order valence-corrected chi connectivity index (χ4v) is 4.15. The number of benzene rings is 2. The molecular formula is C30H39N3O8. The van der Waals surface area contributed by atoms with Gasteiger partial charge in [0.2, 0.25) is 0 Å². The lowest BCUT2D eigenvalue weighted by Gasteiger charge is -2.35. The quantitative estimate of drug-likeness (QED) is 0.330. The maximum absolute atomic E-state index is 13.1. The molecule has 0 atom stereocenters. The van der Waals surface area contributed by atoms with E-state index in [1.54, 1.807) is 35.2 Å². The molecule has 2 aromatic carbocycles. The van der Waals surface area contributed by atoms with Crippen LogP contribution in [0.2, 0.25) is 0 Å². The molecule has 11 heteroatoms. The summed E-state index contributed by atoms with van der Waals surface area (Å²) < 4.78 is 21.9. The second-order valence-corrected chi connectivity index (χ2v) is 10.5. The monoisotopic (exact) mass is 569 g/mol. The van der Waals surface area contributed by atoms with E-state index in [1.807, 2.05) is 27.7 Å². The van der Waals surface area contributed by atoms with Gasteiger partial charge >= 0.3 is 12.1 Å². The van der Waals surface area contributed by atoms with E-state index >= 15 is 0 Å². The maximum atomic E-state index is 13.1. The summed E-state index contributed by atoms with van der Waals surface area (Å²) in [5.41, 5.74) is 0.539. The molecule has 0 aliphatic carbocycles. The van der Waals surface area contributed by atoms with Crippen molar-refractivity contribution in [1.82, 2.24) is 9.80 Å². The summed E-state index contributed by atoms with van der Waals surface area (Å²) >= 11 is 0. The first-order valence-corrected chi connectivity index (χ1v) is 13.6. The molecule has 1 N–H and O–H groups in total. The van der Waals surface area contributed by atoms with E-state index in [0.29, 0.717) is 56.3 Å². The van der Waals surface area contributed by atoms with Crippen LogP contribution in [0.15, 0.2) is 36.4 Å². The number of ether oxygens (including phenoxy) is 4.